The van der Waals surface area contributed by atoms with Gasteiger partial charge in [0.25, 0.3) is 0 Å². The first kappa shape index (κ1) is 13.5. The van der Waals surface area contributed by atoms with Crippen LogP contribution >= 0.6 is 22.9 Å². The van der Waals surface area contributed by atoms with Gasteiger partial charge in [-0.25, -0.2) is 0 Å². The Hall–Kier alpha value is -0.580. The molecule has 1 heterocycles. The van der Waals surface area contributed by atoms with Crippen molar-refractivity contribution >= 4 is 28.8 Å². The molecule has 5 heteroatoms. The summed E-state index contributed by atoms with van der Waals surface area (Å²) in [5.41, 5.74) is 0. The van der Waals surface area contributed by atoms with Gasteiger partial charge in [-0.2, -0.15) is 0 Å². The summed E-state index contributed by atoms with van der Waals surface area (Å²) in [6, 6.07) is 3.84. The Morgan fingerprint density at radius 1 is 1.44 bits per heavy atom. The van der Waals surface area contributed by atoms with Crippen LogP contribution in [-0.2, 0) is 11.2 Å². The van der Waals surface area contributed by atoms with E-state index in [0.29, 0.717) is 13.0 Å². The summed E-state index contributed by atoms with van der Waals surface area (Å²) in [4.78, 5) is 12.6. The summed E-state index contributed by atoms with van der Waals surface area (Å²) in [7, 11) is 0. The van der Waals surface area contributed by atoms with Gasteiger partial charge in [0, 0.05) is 24.4 Å². The molecule has 2 N–H and O–H groups in total. The van der Waals surface area contributed by atoms with Crippen molar-refractivity contribution in [1.82, 2.24) is 10.6 Å². The van der Waals surface area contributed by atoms with E-state index in [9.17, 15) is 4.79 Å². The summed E-state index contributed by atoms with van der Waals surface area (Å²) >= 11 is 7.34. The van der Waals surface area contributed by atoms with Crippen LogP contribution in [0, 0.1) is 0 Å². The SMILES string of the molecule is CCNCCNC(=O)CCc1ccc(Cl)s1. The number of hydrogen-bond donors (Lipinski definition) is 2. The maximum absolute atomic E-state index is 11.4. The molecule has 0 aromatic carbocycles. The van der Waals surface area contributed by atoms with Crippen molar-refractivity contribution in [1.29, 1.82) is 0 Å². The van der Waals surface area contributed by atoms with Crippen LogP contribution in [0.2, 0.25) is 4.34 Å². The Bertz CT molecular complexity index is 328. The fourth-order valence-corrected chi connectivity index (χ4v) is 2.37. The smallest absolute Gasteiger partial charge is 0.220 e. The third-order valence-electron chi connectivity index (χ3n) is 2.10. The predicted octanol–water partition coefficient (Wildman–Crippen LogP) is 2.06. The van der Waals surface area contributed by atoms with Crippen molar-refractivity contribution in [2.45, 2.75) is 19.8 Å². The van der Waals surface area contributed by atoms with Gasteiger partial charge in [-0.15, -0.1) is 11.3 Å². The number of carbonyl (C=O) groups excluding carboxylic acids is 1. The molecule has 1 amide bonds. The number of thiophene rings is 1. The van der Waals surface area contributed by atoms with Crippen molar-refractivity contribution in [3.05, 3.63) is 21.3 Å². The molecule has 0 saturated heterocycles. The van der Waals surface area contributed by atoms with Gasteiger partial charge >= 0.3 is 0 Å². The molecule has 0 aliphatic heterocycles. The predicted molar refractivity (Wildman–Crippen MR) is 69.2 cm³/mol. The average Bonchev–Trinajstić information content (AvgIpc) is 2.68. The number of amides is 1. The first-order valence-electron chi connectivity index (χ1n) is 5.44. The van der Waals surface area contributed by atoms with Gasteiger partial charge in [0.2, 0.25) is 5.91 Å². The molecule has 0 aliphatic rings. The lowest BCUT2D eigenvalue weighted by Crippen LogP contribution is -2.31. The van der Waals surface area contributed by atoms with Crippen LogP contribution < -0.4 is 10.6 Å². The molecule has 1 aromatic heterocycles. The highest BCUT2D eigenvalue weighted by Gasteiger charge is 2.03. The van der Waals surface area contributed by atoms with E-state index in [1.54, 1.807) is 0 Å². The van der Waals surface area contributed by atoms with Crippen LogP contribution in [0.4, 0.5) is 0 Å². The van der Waals surface area contributed by atoms with Crippen LogP contribution in [0.25, 0.3) is 0 Å². The van der Waals surface area contributed by atoms with Crippen molar-refractivity contribution < 1.29 is 4.79 Å². The summed E-state index contributed by atoms with van der Waals surface area (Å²) in [6.45, 7) is 4.50. The number of likely N-dealkylation sites (N-methyl/N-ethyl adjacent to an activating group) is 1. The largest absolute Gasteiger partial charge is 0.355 e. The van der Waals surface area contributed by atoms with E-state index in [-0.39, 0.29) is 5.91 Å². The number of halogens is 1. The van der Waals surface area contributed by atoms with Crippen LogP contribution in [0.5, 0.6) is 0 Å². The zero-order valence-corrected chi connectivity index (χ0v) is 11.0. The van der Waals surface area contributed by atoms with Crippen LogP contribution in [0.3, 0.4) is 0 Å². The average molecular weight is 261 g/mol. The molecule has 1 aromatic rings. The minimum Gasteiger partial charge on any atom is -0.355 e. The van der Waals surface area contributed by atoms with Gasteiger partial charge in [-0.3, -0.25) is 4.79 Å². The fourth-order valence-electron chi connectivity index (χ4n) is 1.28. The number of nitrogens with one attached hydrogen (secondary N) is 2. The maximum Gasteiger partial charge on any atom is 0.220 e. The van der Waals surface area contributed by atoms with Crippen molar-refractivity contribution in [3.8, 4) is 0 Å². The Balaban J connectivity index is 2.10. The summed E-state index contributed by atoms with van der Waals surface area (Å²) in [6.07, 6.45) is 1.30. The molecule has 3 nitrogen and oxygen atoms in total. The maximum atomic E-state index is 11.4. The lowest BCUT2D eigenvalue weighted by Gasteiger charge is -2.04. The highest BCUT2D eigenvalue weighted by atomic mass is 35.5. The Kier molecular flexibility index (Phi) is 6.45. The molecule has 1 rings (SSSR count). The van der Waals surface area contributed by atoms with E-state index in [4.69, 9.17) is 11.6 Å². The standard InChI is InChI=1S/C11H17ClN2OS/c1-2-13-7-8-14-11(15)6-4-9-3-5-10(12)16-9/h3,5,13H,2,4,6-8H2,1H3,(H,14,15). The number of rotatable bonds is 7. The first-order chi connectivity index (χ1) is 7.72. The van der Waals surface area contributed by atoms with Gasteiger partial charge in [-0.1, -0.05) is 18.5 Å². The molecule has 0 unspecified atom stereocenters. The van der Waals surface area contributed by atoms with Crippen LogP contribution in [0.1, 0.15) is 18.2 Å². The molecule has 90 valence electrons. The van der Waals surface area contributed by atoms with Gasteiger partial charge < -0.3 is 10.6 Å². The topological polar surface area (TPSA) is 41.1 Å². The Morgan fingerprint density at radius 3 is 2.88 bits per heavy atom. The number of aryl methyl sites for hydroxylation is 1. The second kappa shape index (κ2) is 7.65. The van der Waals surface area contributed by atoms with Crippen molar-refractivity contribution in [3.63, 3.8) is 0 Å². The Labute approximate surface area is 105 Å². The summed E-state index contributed by atoms with van der Waals surface area (Å²) in [5.74, 6) is 0.0995. The molecule has 0 radical (unpaired) electrons. The third-order valence-corrected chi connectivity index (χ3v) is 3.39. The van der Waals surface area contributed by atoms with Crippen molar-refractivity contribution in [2.75, 3.05) is 19.6 Å². The molecule has 16 heavy (non-hydrogen) atoms. The monoisotopic (exact) mass is 260 g/mol. The minimum absolute atomic E-state index is 0.0995. The van der Waals surface area contributed by atoms with Gasteiger partial charge in [0.15, 0.2) is 0 Å². The molecule has 0 aliphatic carbocycles. The van der Waals surface area contributed by atoms with E-state index in [2.05, 4.69) is 10.6 Å². The number of carbonyl (C=O) groups is 1. The second-order valence-electron chi connectivity index (χ2n) is 3.41. The van der Waals surface area contributed by atoms with Crippen molar-refractivity contribution in [2.24, 2.45) is 0 Å². The normalized spacial score (nSPS) is 10.4. The highest BCUT2D eigenvalue weighted by molar-refractivity contribution is 7.16. The first-order valence-corrected chi connectivity index (χ1v) is 6.63. The van der Waals surface area contributed by atoms with Crippen LogP contribution in [0.15, 0.2) is 12.1 Å². The second-order valence-corrected chi connectivity index (χ2v) is 5.21. The van der Waals surface area contributed by atoms with Gasteiger partial charge in [0.05, 0.1) is 4.34 Å². The quantitative estimate of drug-likeness (QED) is 0.737. The van der Waals surface area contributed by atoms with Crippen LogP contribution in [-0.4, -0.2) is 25.5 Å². The van der Waals surface area contributed by atoms with E-state index >= 15 is 0 Å². The molecular formula is C11H17ClN2OS. The molecular weight excluding hydrogens is 244 g/mol. The molecule has 0 atom stereocenters. The zero-order chi connectivity index (χ0) is 11.8. The molecule has 0 bridgehead atoms. The number of hydrogen-bond acceptors (Lipinski definition) is 3. The van der Waals surface area contributed by atoms with E-state index < -0.39 is 0 Å². The van der Waals surface area contributed by atoms with E-state index in [1.165, 1.54) is 11.3 Å². The summed E-state index contributed by atoms with van der Waals surface area (Å²) < 4.78 is 0.780. The zero-order valence-electron chi connectivity index (χ0n) is 9.38. The minimum atomic E-state index is 0.0995. The lowest BCUT2D eigenvalue weighted by atomic mass is 10.2. The van der Waals surface area contributed by atoms with Gasteiger partial charge in [-0.05, 0) is 25.1 Å². The molecule has 0 saturated carbocycles. The lowest BCUT2D eigenvalue weighted by molar-refractivity contribution is -0.121. The van der Waals surface area contributed by atoms with E-state index in [0.717, 1.165) is 28.7 Å². The third kappa shape index (κ3) is 5.49. The molecule has 0 spiro atoms. The summed E-state index contributed by atoms with van der Waals surface area (Å²) in [5, 5.41) is 6.02. The van der Waals surface area contributed by atoms with E-state index in [1.807, 2.05) is 19.1 Å². The van der Waals surface area contributed by atoms with Gasteiger partial charge in [0.1, 0.15) is 0 Å². The fraction of sp³-hybridized carbons (Fsp3) is 0.545. The Morgan fingerprint density at radius 2 is 2.25 bits per heavy atom. The highest BCUT2D eigenvalue weighted by Crippen LogP contribution is 2.22. The molecule has 0 fully saturated rings.